The zero-order valence-electron chi connectivity index (χ0n) is 12.1. The standard InChI is InChI=1S/C16H26O2/c1-14(2)10-5-7-16(4)11(9-13(16)18)15(10,3)8-6-12(14)17/h10-12,17H,5-9H2,1-4H3/t10-,11+,12-,15-,16-/m0/s1. The first-order valence-corrected chi connectivity index (χ1v) is 7.44. The Morgan fingerprint density at radius 3 is 2.33 bits per heavy atom. The number of Topliss-reactive ketones (excluding diaryl/α,β-unsaturated/α-hetero) is 1. The van der Waals surface area contributed by atoms with Crippen LogP contribution in [0.25, 0.3) is 0 Å². The molecule has 18 heavy (non-hydrogen) atoms. The van der Waals surface area contributed by atoms with Crippen LogP contribution in [0.15, 0.2) is 0 Å². The van der Waals surface area contributed by atoms with Gasteiger partial charge in [-0.2, -0.15) is 0 Å². The first-order valence-electron chi connectivity index (χ1n) is 7.44. The predicted octanol–water partition coefficient (Wildman–Crippen LogP) is 3.18. The molecule has 2 nitrogen and oxygen atoms in total. The van der Waals surface area contributed by atoms with Crippen LogP contribution in [0.3, 0.4) is 0 Å². The maximum atomic E-state index is 12.0. The summed E-state index contributed by atoms with van der Waals surface area (Å²) in [6.07, 6.45) is 4.76. The molecule has 3 aliphatic rings. The van der Waals surface area contributed by atoms with E-state index >= 15 is 0 Å². The van der Waals surface area contributed by atoms with Crippen LogP contribution in [-0.2, 0) is 4.79 Å². The Bertz CT molecular complexity index is 400. The van der Waals surface area contributed by atoms with E-state index in [1.807, 2.05) is 0 Å². The molecule has 0 aromatic rings. The third kappa shape index (κ3) is 1.25. The Morgan fingerprint density at radius 2 is 1.72 bits per heavy atom. The van der Waals surface area contributed by atoms with Crippen molar-refractivity contribution in [3.05, 3.63) is 0 Å². The van der Waals surface area contributed by atoms with E-state index in [1.165, 1.54) is 0 Å². The van der Waals surface area contributed by atoms with Crippen LogP contribution in [0.5, 0.6) is 0 Å². The van der Waals surface area contributed by atoms with Crippen molar-refractivity contribution in [2.24, 2.45) is 28.1 Å². The van der Waals surface area contributed by atoms with Crippen molar-refractivity contribution in [2.75, 3.05) is 0 Å². The summed E-state index contributed by atoms with van der Waals surface area (Å²) >= 11 is 0. The van der Waals surface area contributed by atoms with Gasteiger partial charge in [-0.25, -0.2) is 0 Å². The second-order valence-electron chi connectivity index (χ2n) is 8.07. The fourth-order valence-corrected chi connectivity index (χ4v) is 5.62. The lowest BCUT2D eigenvalue weighted by atomic mass is 9.37. The van der Waals surface area contributed by atoms with Gasteiger partial charge in [0, 0.05) is 11.8 Å². The topological polar surface area (TPSA) is 37.3 Å². The van der Waals surface area contributed by atoms with E-state index in [0.717, 1.165) is 32.1 Å². The highest BCUT2D eigenvalue weighted by molar-refractivity contribution is 5.91. The molecule has 0 saturated heterocycles. The Labute approximate surface area is 110 Å². The predicted molar refractivity (Wildman–Crippen MR) is 71.1 cm³/mol. The number of carbonyl (C=O) groups is 1. The van der Waals surface area contributed by atoms with Gasteiger partial charge in [0.1, 0.15) is 5.78 Å². The van der Waals surface area contributed by atoms with Crippen LogP contribution >= 0.6 is 0 Å². The van der Waals surface area contributed by atoms with Crippen LogP contribution in [0.4, 0.5) is 0 Å². The molecule has 1 N–H and O–H groups in total. The van der Waals surface area contributed by atoms with Crippen molar-refractivity contribution in [2.45, 2.75) is 65.9 Å². The summed E-state index contributed by atoms with van der Waals surface area (Å²) in [4.78, 5) is 12.0. The molecule has 5 atom stereocenters. The van der Waals surface area contributed by atoms with E-state index in [1.54, 1.807) is 0 Å². The molecule has 0 radical (unpaired) electrons. The fourth-order valence-electron chi connectivity index (χ4n) is 5.62. The van der Waals surface area contributed by atoms with Crippen molar-refractivity contribution in [3.8, 4) is 0 Å². The molecule has 3 rings (SSSR count). The summed E-state index contributed by atoms with van der Waals surface area (Å²) in [7, 11) is 0. The number of fused-ring (bicyclic) bond motifs is 3. The monoisotopic (exact) mass is 250 g/mol. The second-order valence-corrected chi connectivity index (χ2v) is 8.07. The molecule has 3 aliphatic carbocycles. The van der Waals surface area contributed by atoms with Crippen molar-refractivity contribution in [1.29, 1.82) is 0 Å². The number of hydrogen-bond acceptors (Lipinski definition) is 2. The molecule has 0 amide bonds. The number of hydrogen-bond donors (Lipinski definition) is 1. The van der Waals surface area contributed by atoms with Gasteiger partial charge in [0.05, 0.1) is 6.10 Å². The summed E-state index contributed by atoms with van der Waals surface area (Å²) in [6, 6.07) is 0. The molecule has 2 heteroatoms. The summed E-state index contributed by atoms with van der Waals surface area (Å²) < 4.78 is 0. The van der Waals surface area contributed by atoms with Crippen LogP contribution in [0, 0.1) is 28.1 Å². The van der Waals surface area contributed by atoms with Crippen LogP contribution in [0.1, 0.15) is 59.8 Å². The van der Waals surface area contributed by atoms with Gasteiger partial charge in [0.15, 0.2) is 0 Å². The summed E-state index contributed by atoms with van der Waals surface area (Å²) in [5, 5.41) is 10.3. The quantitative estimate of drug-likeness (QED) is 0.717. The lowest BCUT2D eigenvalue weighted by molar-refractivity contribution is -0.202. The largest absolute Gasteiger partial charge is 0.393 e. The summed E-state index contributed by atoms with van der Waals surface area (Å²) in [5.74, 6) is 1.61. The van der Waals surface area contributed by atoms with E-state index in [0.29, 0.717) is 17.6 Å². The summed E-state index contributed by atoms with van der Waals surface area (Å²) in [5.41, 5.74) is 0.236. The third-order valence-corrected chi connectivity index (χ3v) is 7.05. The van der Waals surface area contributed by atoms with E-state index in [4.69, 9.17) is 0 Å². The smallest absolute Gasteiger partial charge is 0.139 e. The van der Waals surface area contributed by atoms with Crippen molar-refractivity contribution in [1.82, 2.24) is 0 Å². The minimum absolute atomic E-state index is 0.00691. The average molecular weight is 250 g/mol. The highest BCUT2D eigenvalue weighted by Gasteiger charge is 2.66. The Morgan fingerprint density at radius 1 is 1.06 bits per heavy atom. The maximum absolute atomic E-state index is 12.0. The number of carbonyl (C=O) groups excluding carboxylic acids is 1. The highest BCUT2D eigenvalue weighted by atomic mass is 16.3. The molecule has 0 unspecified atom stereocenters. The second kappa shape index (κ2) is 3.39. The van der Waals surface area contributed by atoms with Gasteiger partial charge >= 0.3 is 0 Å². The van der Waals surface area contributed by atoms with Crippen molar-refractivity contribution < 1.29 is 9.90 Å². The molecule has 0 heterocycles. The molecule has 3 fully saturated rings. The number of ketones is 1. The minimum atomic E-state index is -0.171. The van der Waals surface area contributed by atoms with E-state index in [-0.39, 0.29) is 22.3 Å². The van der Waals surface area contributed by atoms with Gasteiger partial charge in [-0.15, -0.1) is 0 Å². The van der Waals surface area contributed by atoms with Gasteiger partial charge < -0.3 is 5.11 Å². The molecular formula is C16H26O2. The fraction of sp³-hybridized carbons (Fsp3) is 0.938. The van der Waals surface area contributed by atoms with E-state index in [2.05, 4.69) is 27.7 Å². The van der Waals surface area contributed by atoms with Gasteiger partial charge in [0.25, 0.3) is 0 Å². The van der Waals surface area contributed by atoms with Gasteiger partial charge in [-0.05, 0) is 48.3 Å². The van der Waals surface area contributed by atoms with Gasteiger partial charge in [-0.1, -0.05) is 27.7 Å². The first kappa shape index (κ1) is 12.7. The zero-order chi connectivity index (χ0) is 13.3. The SMILES string of the molecule is CC1(C)[C@@H](O)CC[C@]2(C)[C@H]3CC(=O)[C@@]3(C)CC[C@@H]12. The highest BCUT2D eigenvalue weighted by Crippen LogP contribution is 2.68. The molecule has 0 aliphatic heterocycles. The Kier molecular flexibility index (Phi) is 2.38. The van der Waals surface area contributed by atoms with Gasteiger partial charge in [0.2, 0.25) is 0 Å². The van der Waals surface area contributed by atoms with E-state index in [9.17, 15) is 9.90 Å². The number of aliphatic hydroxyl groups excluding tert-OH is 1. The molecular weight excluding hydrogens is 224 g/mol. The molecule has 0 bridgehead atoms. The summed E-state index contributed by atoms with van der Waals surface area (Å²) in [6.45, 7) is 9.02. The average Bonchev–Trinajstić information content (AvgIpc) is 2.29. The van der Waals surface area contributed by atoms with Crippen molar-refractivity contribution >= 4 is 5.78 Å². The Hall–Kier alpha value is -0.370. The molecule has 0 spiro atoms. The molecule has 102 valence electrons. The number of rotatable bonds is 0. The van der Waals surface area contributed by atoms with E-state index < -0.39 is 0 Å². The number of aliphatic hydroxyl groups is 1. The third-order valence-electron chi connectivity index (χ3n) is 7.05. The molecule has 0 aromatic carbocycles. The normalized spacial score (nSPS) is 54.3. The van der Waals surface area contributed by atoms with Crippen LogP contribution in [-0.4, -0.2) is 17.0 Å². The van der Waals surface area contributed by atoms with Crippen LogP contribution < -0.4 is 0 Å². The van der Waals surface area contributed by atoms with Crippen molar-refractivity contribution in [3.63, 3.8) is 0 Å². The van der Waals surface area contributed by atoms with Crippen LogP contribution in [0.2, 0.25) is 0 Å². The molecule has 0 aromatic heterocycles. The zero-order valence-corrected chi connectivity index (χ0v) is 12.1. The Balaban J connectivity index is 1.98. The molecule has 3 saturated carbocycles. The van der Waals surface area contributed by atoms with Gasteiger partial charge in [-0.3, -0.25) is 4.79 Å². The lowest BCUT2D eigenvalue weighted by Gasteiger charge is -2.66. The lowest BCUT2D eigenvalue weighted by Crippen LogP contribution is -2.65. The minimum Gasteiger partial charge on any atom is -0.393 e. The maximum Gasteiger partial charge on any atom is 0.139 e. The first-order chi connectivity index (χ1) is 8.23.